The second-order valence-electron chi connectivity index (χ2n) is 3.92. The van der Waals surface area contributed by atoms with Gasteiger partial charge >= 0.3 is 11.9 Å². The van der Waals surface area contributed by atoms with Crippen molar-refractivity contribution in [3.8, 4) is 11.3 Å². The summed E-state index contributed by atoms with van der Waals surface area (Å²) in [7, 11) is 0. The molecule has 1 aromatic carbocycles. The van der Waals surface area contributed by atoms with E-state index < -0.39 is 22.5 Å². The molecule has 10 heteroatoms. The first-order chi connectivity index (χ1) is 9.62. The van der Waals surface area contributed by atoms with E-state index in [2.05, 4.69) is 15.9 Å². The SMILES string of the molecule is O=[N+]([O-])c1c(C(F)(F)F)[nH]c(-c2ccc(Cl)c(Cl)c2)c1Br. The number of hydrogen-bond donors (Lipinski definition) is 1. The van der Waals surface area contributed by atoms with Crippen molar-refractivity contribution < 1.29 is 18.1 Å². The van der Waals surface area contributed by atoms with E-state index in [0.29, 0.717) is 0 Å². The summed E-state index contributed by atoms with van der Waals surface area (Å²) >= 11 is 14.3. The number of aromatic amines is 1. The summed E-state index contributed by atoms with van der Waals surface area (Å²) in [6, 6.07) is 4.09. The molecule has 0 saturated heterocycles. The minimum Gasteiger partial charge on any atom is -0.344 e. The number of rotatable bonds is 2. The number of H-pyrrole nitrogens is 1. The number of benzene rings is 1. The Kier molecular flexibility index (Phi) is 4.23. The van der Waals surface area contributed by atoms with E-state index in [1.165, 1.54) is 18.2 Å². The highest BCUT2D eigenvalue weighted by molar-refractivity contribution is 9.10. The zero-order valence-corrected chi connectivity index (χ0v) is 12.9. The van der Waals surface area contributed by atoms with Crippen molar-refractivity contribution in [2.75, 3.05) is 0 Å². The molecule has 2 aromatic rings. The predicted molar refractivity (Wildman–Crippen MR) is 75.6 cm³/mol. The van der Waals surface area contributed by atoms with Crippen LogP contribution in [0.4, 0.5) is 18.9 Å². The van der Waals surface area contributed by atoms with Gasteiger partial charge in [-0.05, 0) is 28.1 Å². The fourth-order valence-electron chi connectivity index (χ4n) is 1.69. The summed E-state index contributed by atoms with van der Waals surface area (Å²) in [6.07, 6.45) is -4.89. The Morgan fingerprint density at radius 2 is 1.86 bits per heavy atom. The molecule has 0 bridgehead atoms. The van der Waals surface area contributed by atoms with Crippen LogP contribution in [0, 0.1) is 10.1 Å². The summed E-state index contributed by atoms with van der Waals surface area (Å²) in [5.74, 6) is 0. The molecule has 0 radical (unpaired) electrons. The van der Waals surface area contributed by atoms with E-state index in [4.69, 9.17) is 23.2 Å². The molecule has 1 N–H and O–H groups in total. The van der Waals surface area contributed by atoms with Gasteiger partial charge in [-0.25, -0.2) is 0 Å². The minimum absolute atomic E-state index is 0.104. The highest BCUT2D eigenvalue weighted by Crippen LogP contribution is 2.45. The summed E-state index contributed by atoms with van der Waals surface area (Å²) in [4.78, 5) is 11.8. The number of nitrogens with zero attached hydrogens (tertiary/aromatic N) is 1. The minimum atomic E-state index is -4.89. The molecule has 0 atom stereocenters. The molecule has 4 nitrogen and oxygen atoms in total. The van der Waals surface area contributed by atoms with E-state index in [1.54, 1.807) is 0 Å². The first-order valence-electron chi connectivity index (χ1n) is 5.21. The first-order valence-corrected chi connectivity index (χ1v) is 6.76. The smallest absolute Gasteiger partial charge is 0.344 e. The average molecular weight is 404 g/mol. The van der Waals surface area contributed by atoms with Crippen molar-refractivity contribution in [3.63, 3.8) is 0 Å². The van der Waals surface area contributed by atoms with E-state index >= 15 is 0 Å². The molecule has 0 amide bonds. The predicted octanol–water partition coefficient (Wildman–Crippen LogP) is 5.68. The lowest BCUT2D eigenvalue weighted by atomic mass is 10.1. The lowest BCUT2D eigenvalue weighted by Crippen LogP contribution is -2.08. The molecule has 0 aliphatic carbocycles. The Hall–Kier alpha value is -1.25. The number of halogens is 6. The van der Waals surface area contributed by atoms with Gasteiger partial charge in [0.05, 0.1) is 20.7 Å². The van der Waals surface area contributed by atoms with Crippen molar-refractivity contribution in [2.24, 2.45) is 0 Å². The molecule has 0 fully saturated rings. The summed E-state index contributed by atoms with van der Waals surface area (Å²) in [5, 5.41) is 11.2. The van der Waals surface area contributed by atoms with Crippen molar-refractivity contribution in [2.45, 2.75) is 6.18 Å². The molecule has 0 aliphatic rings. The standard InChI is InChI=1S/C11H4BrCl2F3N2O2/c12-7-8(4-1-2-5(13)6(14)3-4)18-10(11(15,16)17)9(7)19(20)21/h1-3,18H. The molecule has 0 unspecified atom stereocenters. The number of aromatic nitrogens is 1. The third-order valence-electron chi connectivity index (χ3n) is 2.59. The van der Waals surface area contributed by atoms with Crippen LogP contribution in [-0.2, 0) is 6.18 Å². The van der Waals surface area contributed by atoms with Gasteiger partial charge in [0, 0.05) is 5.56 Å². The zero-order chi connectivity index (χ0) is 15.9. The maximum Gasteiger partial charge on any atom is 0.438 e. The number of nitro groups is 1. The lowest BCUT2D eigenvalue weighted by Gasteiger charge is -2.03. The largest absolute Gasteiger partial charge is 0.438 e. The van der Waals surface area contributed by atoms with Crippen LogP contribution in [-0.4, -0.2) is 9.91 Å². The normalized spacial score (nSPS) is 11.7. The van der Waals surface area contributed by atoms with Crippen LogP contribution in [0.25, 0.3) is 11.3 Å². The van der Waals surface area contributed by atoms with Crippen LogP contribution < -0.4 is 0 Å². The Bertz CT molecular complexity index is 731. The summed E-state index contributed by atoms with van der Waals surface area (Å²) < 4.78 is 38.3. The fourth-order valence-corrected chi connectivity index (χ4v) is 2.66. The van der Waals surface area contributed by atoms with Gasteiger partial charge in [-0.3, -0.25) is 10.1 Å². The van der Waals surface area contributed by atoms with Crippen molar-refractivity contribution in [1.82, 2.24) is 4.98 Å². The third-order valence-corrected chi connectivity index (χ3v) is 4.10. The molecule has 0 spiro atoms. The fraction of sp³-hybridized carbons (Fsp3) is 0.0909. The van der Waals surface area contributed by atoms with Gasteiger partial charge in [-0.15, -0.1) is 0 Å². The Morgan fingerprint density at radius 3 is 2.29 bits per heavy atom. The van der Waals surface area contributed by atoms with Crippen LogP contribution in [0.2, 0.25) is 10.0 Å². The number of hydrogen-bond acceptors (Lipinski definition) is 2. The Morgan fingerprint density at radius 1 is 1.24 bits per heavy atom. The molecule has 0 saturated carbocycles. The van der Waals surface area contributed by atoms with E-state index in [9.17, 15) is 23.3 Å². The van der Waals surface area contributed by atoms with Crippen molar-refractivity contribution >= 4 is 44.8 Å². The zero-order valence-electron chi connectivity index (χ0n) is 9.76. The first kappa shape index (κ1) is 16.1. The molecule has 1 aromatic heterocycles. The van der Waals surface area contributed by atoms with Gasteiger partial charge in [-0.2, -0.15) is 13.2 Å². The van der Waals surface area contributed by atoms with E-state index in [1.807, 2.05) is 4.98 Å². The maximum atomic E-state index is 12.9. The summed E-state index contributed by atoms with van der Waals surface area (Å²) in [5.41, 5.74) is -2.40. The van der Waals surface area contributed by atoms with Gasteiger partial charge in [0.2, 0.25) is 5.69 Å². The van der Waals surface area contributed by atoms with Crippen LogP contribution in [0.5, 0.6) is 0 Å². The van der Waals surface area contributed by atoms with Gasteiger partial charge in [0.1, 0.15) is 4.47 Å². The maximum absolute atomic E-state index is 12.9. The van der Waals surface area contributed by atoms with Crippen LogP contribution in [0.1, 0.15) is 5.69 Å². The highest BCUT2D eigenvalue weighted by atomic mass is 79.9. The van der Waals surface area contributed by atoms with E-state index in [-0.39, 0.29) is 25.8 Å². The Balaban J connectivity index is 2.71. The van der Waals surface area contributed by atoms with Gasteiger partial charge < -0.3 is 4.98 Å². The third kappa shape index (κ3) is 3.02. The monoisotopic (exact) mass is 402 g/mol. The van der Waals surface area contributed by atoms with Gasteiger partial charge in [-0.1, -0.05) is 29.3 Å². The summed E-state index contributed by atoms with van der Waals surface area (Å²) in [6.45, 7) is 0. The molecular weight excluding hydrogens is 400 g/mol. The average Bonchev–Trinajstić information content (AvgIpc) is 2.70. The molecular formula is C11H4BrCl2F3N2O2. The van der Waals surface area contributed by atoms with Crippen molar-refractivity contribution in [3.05, 3.63) is 48.5 Å². The molecule has 112 valence electrons. The number of nitrogens with one attached hydrogen (secondary N) is 1. The lowest BCUT2D eigenvalue weighted by molar-refractivity contribution is -0.388. The number of alkyl halides is 3. The molecule has 21 heavy (non-hydrogen) atoms. The van der Waals surface area contributed by atoms with Gasteiger partial charge in [0.25, 0.3) is 0 Å². The van der Waals surface area contributed by atoms with Crippen LogP contribution >= 0.6 is 39.1 Å². The quantitative estimate of drug-likeness (QED) is 0.518. The molecule has 0 aliphatic heterocycles. The van der Waals surface area contributed by atoms with Crippen molar-refractivity contribution in [1.29, 1.82) is 0 Å². The Labute approximate surface area is 134 Å². The van der Waals surface area contributed by atoms with E-state index in [0.717, 1.165) is 0 Å². The van der Waals surface area contributed by atoms with Gasteiger partial charge in [0.15, 0.2) is 0 Å². The highest BCUT2D eigenvalue weighted by Gasteiger charge is 2.43. The second-order valence-corrected chi connectivity index (χ2v) is 5.53. The van der Waals surface area contributed by atoms with Crippen LogP contribution in [0.15, 0.2) is 22.7 Å². The molecule has 1 heterocycles. The topological polar surface area (TPSA) is 58.9 Å². The molecule has 2 rings (SSSR count). The second kappa shape index (κ2) is 5.51. The van der Waals surface area contributed by atoms with Crippen LogP contribution in [0.3, 0.4) is 0 Å².